The number of hydrogen-bond donors (Lipinski definition) is 3. The molecular weight excluding hydrogens is 190 g/mol. The molecule has 0 bridgehead atoms. The van der Waals surface area contributed by atoms with Gasteiger partial charge in [0, 0.05) is 14.2 Å². The molecule has 1 aliphatic heterocycles. The fraction of sp³-hybridized carbons (Fsp3) is 1.00. The lowest BCUT2D eigenvalue weighted by molar-refractivity contribution is -0.261. The first-order valence-corrected chi connectivity index (χ1v) is 4.41. The summed E-state index contributed by atoms with van der Waals surface area (Å²) in [6.07, 6.45) is -2.91. The van der Waals surface area contributed by atoms with E-state index in [1.54, 1.807) is 0 Å². The Labute approximate surface area is 82.6 Å². The van der Waals surface area contributed by atoms with E-state index in [0.29, 0.717) is 0 Å². The third-order valence-electron chi connectivity index (χ3n) is 2.40. The average molecular weight is 207 g/mol. The molecule has 0 saturated carbocycles. The number of aliphatic hydroxyl groups excluding tert-OH is 2. The summed E-state index contributed by atoms with van der Waals surface area (Å²) in [6, 6.07) is -0.567. The predicted octanol–water partition coefficient (Wildman–Crippen LogP) is -1.95. The van der Waals surface area contributed by atoms with Gasteiger partial charge in [0.1, 0.15) is 18.3 Å². The summed E-state index contributed by atoms with van der Waals surface area (Å²) < 4.78 is 15.2. The van der Waals surface area contributed by atoms with Crippen LogP contribution in [0.15, 0.2) is 0 Å². The zero-order valence-corrected chi connectivity index (χ0v) is 8.29. The highest BCUT2D eigenvalue weighted by Crippen LogP contribution is 2.21. The van der Waals surface area contributed by atoms with Crippen LogP contribution in [0, 0.1) is 0 Å². The predicted molar refractivity (Wildman–Crippen MR) is 47.5 cm³/mol. The molecule has 0 spiro atoms. The zero-order valence-electron chi connectivity index (χ0n) is 8.29. The molecular formula is C8H17NO5. The molecule has 1 heterocycles. The quantitative estimate of drug-likeness (QED) is 0.498. The molecule has 0 aromatic carbocycles. The van der Waals surface area contributed by atoms with Crippen molar-refractivity contribution in [3.8, 4) is 0 Å². The minimum atomic E-state index is -0.939. The fourth-order valence-electron chi connectivity index (χ4n) is 1.60. The number of nitrogens with two attached hydrogens (primary N) is 1. The van der Waals surface area contributed by atoms with E-state index in [9.17, 15) is 5.11 Å². The van der Waals surface area contributed by atoms with Gasteiger partial charge < -0.3 is 30.2 Å². The van der Waals surface area contributed by atoms with Crippen LogP contribution in [0.5, 0.6) is 0 Å². The summed E-state index contributed by atoms with van der Waals surface area (Å²) in [5.41, 5.74) is 5.73. The topological polar surface area (TPSA) is 94.2 Å². The maximum Gasteiger partial charge on any atom is 0.175 e. The standard InChI is InChI=1S/C8H17NO5/c1-12-7-5(9)8(13-2)14-4(3-10)6(7)11/h4-8,10-11H,3,9H2,1-2H3/t4?,5?,6-,7?,8-/m1/s1. The summed E-state index contributed by atoms with van der Waals surface area (Å²) in [4.78, 5) is 0. The van der Waals surface area contributed by atoms with Gasteiger partial charge in [-0.05, 0) is 0 Å². The van der Waals surface area contributed by atoms with Gasteiger partial charge in [0.15, 0.2) is 6.29 Å². The van der Waals surface area contributed by atoms with Crippen LogP contribution in [0.3, 0.4) is 0 Å². The highest BCUT2D eigenvalue weighted by Gasteiger charge is 2.43. The van der Waals surface area contributed by atoms with Gasteiger partial charge in [0.05, 0.1) is 12.6 Å². The molecule has 3 unspecified atom stereocenters. The average Bonchev–Trinajstić information content (AvgIpc) is 2.19. The molecule has 0 amide bonds. The Kier molecular flexibility index (Phi) is 4.24. The van der Waals surface area contributed by atoms with Crippen molar-refractivity contribution < 1.29 is 24.4 Å². The molecule has 5 atom stereocenters. The summed E-state index contributed by atoms with van der Waals surface area (Å²) in [5.74, 6) is 0. The van der Waals surface area contributed by atoms with E-state index < -0.39 is 30.6 Å². The third kappa shape index (κ3) is 2.05. The molecule has 14 heavy (non-hydrogen) atoms. The van der Waals surface area contributed by atoms with Crippen LogP contribution in [0.25, 0.3) is 0 Å². The molecule has 4 N–H and O–H groups in total. The second-order valence-electron chi connectivity index (χ2n) is 3.23. The molecule has 0 aromatic heterocycles. The van der Waals surface area contributed by atoms with Crippen LogP contribution >= 0.6 is 0 Å². The van der Waals surface area contributed by atoms with Crippen LogP contribution in [0.1, 0.15) is 0 Å². The summed E-state index contributed by atoms with van der Waals surface area (Å²) in [7, 11) is 2.89. The molecule has 84 valence electrons. The van der Waals surface area contributed by atoms with Crippen LogP contribution in [0.2, 0.25) is 0 Å². The van der Waals surface area contributed by atoms with Crippen LogP contribution in [-0.4, -0.2) is 61.7 Å². The minimum absolute atomic E-state index is 0.298. The van der Waals surface area contributed by atoms with Crippen molar-refractivity contribution in [2.75, 3.05) is 20.8 Å². The Bertz CT molecular complexity index is 163. The summed E-state index contributed by atoms with van der Waals surface area (Å²) >= 11 is 0. The van der Waals surface area contributed by atoms with Crippen LogP contribution < -0.4 is 5.73 Å². The molecule has 6 heteroatoms. The van der Waals surface area contributed by atoms with Gasteiger partial charge in [0.2, 0.25) is 0 Å². The van der Waals surface area contributed by atoms with Gasteiger partial charge in [0.25, 0.3) is 0 Å². The first kappa shape index (κ1) is 11.8. The van der Waals surface area contributed by atoms with Crippen LogP contribution in [-0.2, 0) is 14.2 Å². The van der Waals surface area contributed by atoms with Gasteiger partial charge >= 0.3 is 0 Å². The van der Waals surface area contributed by atoms with E-state index in [-0.39, 0.29) is 6.61 Å². The number of methoxy groups -OCH3 is 2. The van der Waals surface area contributed by atoms with E-state index >= 15 is 0 Å². The van der Waals surface area contributed by atoms with Crippen molar-refractivity contribution in [1.82, 2.24) is 0 Å². The fourth-order valence-corrected chi connectivity index (χ4v) is 1.60. The third-order valence-corrected chi connectivity index (χ3v) is 2.40. The van der Waals surface area contributed by atoms with Crippen molar-refractivity contribution in [1.29, 1.82) is 0 Å². The normalized spacial score (nSPS) is 43.9. The lowest BCUT2D eigenvalue weighted by Gasteiger charge is -2.41. The lowest BCUT2D eigenvalue weighted by atomic mass is 9.97. The number of ether oxygens (including phenoxy) is 3. The maximum absolute atomic E-state index is 9.67. The Morgan fingerprint density at radius 1 is 1.36 bits per heavy atom. The first-order valence-electron chi connectivity index (χ1n) is 4.41. The number of aliphatic hydroxyl groups is 2. The SMILES string of the molecule is COC1C(N)[C@H](OC)OC(CO)[C@H]1O. The molecule has 1 aliphatic rings. The smallest absolute Gasteiger partial charge is 0.175 e. The first-order chi connectivity index (χ1) is 6.65. The highest BCUT2D eigenvalue weighted by atomic mass is 16.7. The van der Waals surface area contributed by atoms with Gasteiger partial charge in [-0.1, -0.05) is 0 Å². The Morgan fingerprint density at radius 2 is 2.00 bits per heavy atom. The molecule has 6 nitrogen and oxygen atoms in total. The van der Waals surface area contributed by atoms with E-state index in [1.807, 2.05) is 0 Å². The van der Waals surface area contributed by atoms with E-state index in [0.717, 1.165) is 0 Å². The highest BCUT2D eigenvalue weighted by molar-refractivity contribution is 4.92. The lowest BCUT2D eigenvalue weighted by Crippen LogP contribution is -2.62. The monoisotopic (exact) mass is 207 g/mol. The van der Waals surface area contributed by atoms with Gasteiger partial charge in [-0.25, -0.2) is 0 Å². The molecule has 1 rings (SSSR count). The Hall–Kier alpha value is -0.240. The number of rotatable bonds is 3. The van der Waals surface area contributed by atoms with E-state index in [2.05, 4.69) is 0 Å². The summed E-state index contributed by atoms with van der Waals surface area (Å²) in [6.45, 7) is -0.298. The maximum atomic E-state index is 9.67. The van der Waals surface area contributed by atoms with Gasteiger partial charge in [-0.2, -0.15) is 0 Å². The zero-order chi connectivity index (χ0) is 10.7. The molecule has 1 saturated heterocycles. The van der Waals surface area contributed by atoms with Gasteiger partial charge in [-0.3, -0.25) is 0 Å². The van der Waals surface area contributed by atoms with E-state index in [1.165, 1.54) is 14.2 Å². The largest absolute Gasteiger partial charge is 0.394 e. The number of hydrogen-bond acceptors (Lipinski definition) is 6. The molecule has 1 fully saturated rings. The Balaban J connectivity index is 2.72. The summed E-state index contributed by atoms with van der Waals surface area (Å²) in [5, 5.41) is 18.6. The molecule has 0 radical (unpaired) electrons. The minimum Gasteiger partial charge on any atom is -0.394 e. The Morgan fingerprint density at radius 3 is 2.43 bits per heavy atom. The van der Waals surface area contributed by atoms with Crippen molar-refractivity contribution in [2.45, 2.75) is 30.6 Å². The van der Waals surface area contributed by atoms with Crippen molar-refractivity contribution in [3.05, 3.63) is 0 Å². The molecule has 0 aromatic rings. The second-order valence-corrected chi connectivity index (χ2v) is 3.23. The van der Waals surface area contributed by atoms with Crippen LogP contribution in [0.4, 0.5) is 0 Å². The van der Waals surface area contributed by atoms with Crippen molar-refractivity contribution in [3.63, 3.8) is 0 Å². The van der Waals surface area contributed by atoms with Crippen molar-refractivity contribution >= 4 is 0 Å². The van der Waals surface area contributed by atoms with Crippen molar-refractivity contribution in [2.24, 2.45) is 5.73 Å². The van der Waals surface area contributed by atoms with E-state index in [4.69, 9.17) is 25.1 Å². The van der Waals surface area contributed by atoms with Gasteiger partial charge in [-0.15, -0.1) is 0 Å². The molecule has 0 aliphatic carbocycles. The second kappa shape index (κ2) is 5.01.